The van der Waals surface area contributed by atoms with Crippen molar-refractivity contribution in [1.29, 1.82) is 0 Å². The number of benzene rings is 1. The van der Waals surface area contributed by atoms with Crippen molar-refractivity contribution in [3.8, 4) is 0 Å². The van der Waals surface area contributed by atoms with Crippen LogP contribution in [-0.2, 0) is 0 Å². The maximum absolute atomic E-state index is 13.8. The van der Waals surface area contributed by atoms with Gasteiger partial charge in [0.05, 0.1) is 27.7 Å². The van der Waals surface area contributed by atoms with E-state index in [1.54, 1.807) is 31.3 Å². The fraction of sp³-hybridized carbons (Fsp3) is 0.0833. The molecule has 3 nitrogen and oxygen atoms in total. The number of aromatic nitrogens is 1. The quantitative estimate of drug-likeness (QED) is 0.890. The number of hydrogen-bond acceptors (Lipinski definition) is 3. The largest absolute Gasteiger partial charge is 0.396 e. The van der Waals surface area contributed by atoms with Crippen molar-refractivity contribution in [2.24, 2.45) is 0 Å². The van der Waals surface area contributed by atoms with Crippen LogP contribution < -0.4 is 11.1 Å². The van der Waals surface area contributed by atoms with Gasteiger partial charge in [-0.1, -0.05) is 12.1 Å². The molecule has 3 N–H and O–H groups in total. The molecule has 0 amide bonds. The van der Waals surface area contributed by atoms with E-state index in [2.05, 4.69) is 26.2 Å². The molecule has 0 atom stereocenters. The van der Waals surface area contributed by atoms with Crippen LogP contribution in [-0.4, -0.2) is 4.98 Å². The monoisotopic (exact) mass is 295 g/mol. The molecule has 0 spiro atoms. The van der Waals surface area contributed by atoms with Crippen molar-refractivity contribution in [1.82, 2.24) is 4.98 Å². The van der Waals surface area contributed by atoms with E-state index in [1.807, 2.05) is 0 Å². The Labute approximate surface area is 107 Å². The maximum atomic E-state index is 13.8. The van der Waals surface area contributed by atoms with Crippen molar-refractivity contribution in [3.63, 3.8) is 0 Å². The summed E-state index contributed by atoms with van der Waals surface area (Å²) < 4.78 is 14.5. The average Bonchev–Trinajstić information content (AvgIpc) is 2.29. The molecule has 0 saturated heterocycles. The van der Waals surface area contributed by atoms with Crippen LogP contribution >= 0.6 is 15.9 Å². The fourth-order valence-corrected chi connectivity index (χ4v) is 1.91. The third-order valence-corrected chi connectivity index (χ3v) is 2.98. The van der Waals surface area contributed by atoms with Gasteiger partial charge in [-0.05, 0) is 34.5 Å². The van der Waals surface area contributed by atoms with Crippen LogP contribution in [0.5, 0.6) is 0 Å². The summed E-state index contributed by atoms with van der Waals surface area (Å²) in [6.07, 6.45) is 3.12. The number of hydrogen-bond donors (Lipinski definition) is 2. The van der Waals surface area contributed by atoms with Gasteiger partial charge in [0.25, 0.3) is 0 Å². The molecule has 0 aliphatic rings. The number of halogens is 2. The summed E-state index contributed by atoms with van der Waals surface area (Å²) >= 11 is 3.32. The Morgan fingerprint density at radius 3 is 2.82 bits per heavy atom. The molecule has 0 aliphatic heterocycles. The molecule has 1 aromatic heterocycles. The molecule has 2 rings (SSSR count). The lowest BCUT2D eigenvalue weighted by Crippen LogP contribution is -2.00. The van der Waals surface area contributed by atoms with Crippen LogP contribution in [0.2, 0.25) is 0 Å². The zero-order valence-corrected chi connectivity index (χ0v) is 10.8. The summed E-state index contributed by atoms with van der Waals surface area (Å²) in [5.41, 5.74) is 7.83. The lowest BCUT2D eigenvalue weighted by atomic mass is 10.2. The summed E-state index contributed by atoms with van der Waals surface area (Å²) in [5, 5.41) is 2.96. The molecule has 0 fully saturated rings. The van der Waals surface area contributed by atoms with Gasteiger partial charge in [-0.3, -0.25) is 4.98 Å². The molecule has 0 saturated carbocycles. The van der Waals surface area contributed by atoms with Crippen LogP contribution in [0.4, 0.5) is 21.5 Å². The number of nitrogens with zero attached hydrogens (tertiary/aromatic N) is 1. The van der Waals surface area contributed by atoms with Crippen molar-refractivity contribution >= 4 is 33.0 Å². The second kappa shape index (κ2) is 4.71. The molecule has 88 valence electrons. The first-order valence-corrected chi connectivity index (χ1v) is 5.80. The summed E-state index contributed by atoms with van der Waals surface area (Å²) in [7, 11) is 0. The van der Waals surface area contributed by atoms with Crippen LogP contribution in [0, 0.1) is 12.7 Å². The molecule has 0 bridgehead atoms. The normalized spacial score (nSPS) is 10.3. The molecule has 1 aromatic carbocycles. The van der Waals surface area contributed by atoms with Crippen molar-refractivity contribution < 1.29 is 4.39 Å². The molecule has 0 unspecified atom stereocenters. The Morgan fingerprint density at radius 1 is 1.35 bits per heavy atom. The van der Waals surface area contributed by atoms with Gasteiger partial charge in [0.1, 0.15) is 5.82 Å². The van der Waals surface area contributed by atoms with E-state index >= 15 is 0 Å². The SMILES string of the molecule is Cc1cccc(Nc2c(N)cncc2Br)c1F. The number of nitrogens with one attached hydrogen (secondary N) is 1. The highest BCUT2D eigenvalue weighted by molar-refractivity contribution is 9.10. The average molecular weight is 296 g/mol. The molecule has 0 radical (unpaired) electrons. The Kier molecular flexibility index (Phi) is 3.28. The summed E-state index contributed by atoms with van der Waals surface area (Å²) in [6, 6.07) is 5.16. The lowest BCUT2D eigenvalue weighted by Gasteiger charge is -2.12. The van der Waals surface area contributed by atoms with Gasteiger partial charge in [0, 0.05) is 6.20 Å². The van der Waals surface area contributed by atoms with E-state index in [4.69, 9.17) is 5.73 Å². The lowest BCUT2D eigenvalue weighted by molar-refractivity contribution is 0.622. The van der Waals surface area contributed by atoms with Gasteiger partial charge in [0.15, 0.2) is 0 Å². The van der Waals surface area contributed by atoms with Gasteiger partial charge in [-0.25, -0.2) is 4.39 Å². The number of anilines is 3. The Hall–Kier alpha value is -1.62. The van der Waals surface area contributed by atoms with E-state index in [1.165, 1.54) is 6.20 Å². The van der Waals surface area contributed by atoms with E-state index in [0.717, 1.165) is 0 Å². The zero-order valence-electron chi connectivity index (χ0n) is 9.17. The predicted molar refractivity (Wildman–Crippen MR) is 70.8 cm³/mol. The number of aryl methyl sites for hydroxylation is 1. The standard InChI is InChI=1S/C12H11BrFN3/c1-7-3-2-4-10(11(7)14)17-12-8(13)5-16-6-9(12)15/h2-6H,15H2,1H3,(H,16,17). The van der Waals surface area contributed by atoms with Crippen LogP contribution in [0.15, 0.2) is 35.1 Å². The first-order valence-electron chi connectivity index (χ1n) is 5.00. The second-order valence-corrected chi connectivity index (χ2v) is 4.50. The third kappa shape index (κ3) is 2.39. The summed E-state index contributed by atoms with van der Waals surface area (Å²) in [6.45, 7) is 1.71. The topological polar surface area (TPSA) is 50.9 Å². The molecular formula is C12H11BrFN3. The highest BCUT2D eigenvalue weighted by atomic mass is 79.9. The van der Waals surface area contributed by atoms with Gasteiger partial charge in [-0.2, -0.15) is 0 Å². The van der Waals surface area contributed by atoms with E-state index in [9.17, 15) is 4.39 Å². The minimum Gasteiger partial charge on any atom is -0.396 e. The van der Waals surface area contributed by atoms with Crippen LogP contribution in [0.1, 0.15) is 5.56 Å². The van der Waals surface area contributed by atoms with Crippen molar-refractivity contribution in [2.45, 2.75) is 6.92 Å². The van der Waals surface area contributed by atoms with Gasteiger partial charge >= 0.3 is 0 Å². The number of nitrogen functional groups attached to an aromatic ring is 1. The van der Waals surface area contributed by atoms with E-state index in [-0.39, 0.29) is 5.82 Å². The number of rotatable bonds is 2. The number of pyridine rings is 1. The highest BCUT2D eigenvalue weighted by Crippen LogP contribution is 2.31. The fourth-order valence-electron chi connectivity index (χ4n) is 1.46. The molecule has 17 heavy (non-hydrogen) atoms. The highest BCUT2D eigenvalue weighted by Gasteiger charge is 2.09. The Balaban J connectivity index is 2.42. The molecule has 2 aromatic rings. The molecule has 0 aliphatic carbocycles. The Morgan fingerprint density at radius 2 is 2.12 bits per heavy atom. The molecule has 1 heterocycles. The summed E-state index contributed by atoms with van der Waals surface area (Å²) in [4.78, 5) is 3.92. The smallest absolute Gasteiger partial charge is 0.149 e. The maximum Gasteiger partial charge on any atom is 0.149 e. The van der Waals surface area contributed by atoms with Crippen molar-refractivity contribution in [2.75, 3.05) is 11.1 Å². The second-order valence-electron chi connectivity index (χ2n) is 3.65. The Bertz CT molecular complexity index is 537. The van der Waals surface area contributed by atoms with E-state index in [0.29, 0.717) is 27.1 Å². The molecule has 5 heteroatoms. The van der Waals surface area contributed by atoms with Crippen LogP contribution in [0.3, 0.4) is 0 Å². The predicted octanol–water partition coefficient (Wildman–Crippen LogP) is 3.62. The third-order valence-electron chi connectivity index (χ3n) is 2.38. The number of nitrogens with two attached hydrogens (primary N) is 1. The van der Waals surface area contributed by atoms with Gasteiger partial charge < -0.3 is 11.1 Å². The minimum absolute atomic E-state index is 0.282. The first-order chi connectivity index (χ1) is 8.09. The summed E-state index contributed by atoms with van der Waals surface area (Å²) in [5.74, 6) is -0.282. The van der Waals surface area contributed by atoms with Gasteiger partial charge in [-0.15, -0.1) is 0 Å². The first kappa shape index (κ1) is 11.9. The van der Waals surface area contributed by atoms with E-state index < -0.39 is 0 Å². The van der Waals surface area contributed by atoms with Crippen LogP contribution in [0.25, 0.3) is 0 Å². The molecular weight excluding hydrogens is 285 g/mol. The minimum atomic E-state index is -0.282. The van der Waals surface area contributed by atoms with Crippen molar-refractivity contribution in [3.05, 3.63) is 46.4 Å². The zero-order chi connectivity index (χ0) is 12.4. The van der Waals surface area contributed by atoms with Gasteiger partial charge in [0.2, 0.25) is 0 Å².